The summed E-state index contributed by atoms with van der Waals surface area (Å²) in [5, 5.41) is 10.9. The number of ether oxygens (including phenoxy) is 1. The molecular weight excluding hydrogens is 236 g/mol. The van der Waals surface area contributed by atoms with Crippen molar-refractivity contribution in [3.05, 3.63) is 15.9 Å². The molecule has 7 nitrogen and oxygen atoms in total. The molecule has 0 unspecified atom stereocenters. The molecule has 7 heteroatoms. The fourth-order valence-corrected chi connectivity index (χ4v) is 1.24. The lowest BCUT2D eigenvalue weighted by Crippen LogP contribution is -2.12. The fraction of sp³-hybridized carbons (Fsp3) is 0.636. The van der Waals surface area contributed by atoms with Crippen LogP contribution in [0.4, 0.5) is 11.5 Å². The van der Waals surface area contributed by atoms with Crippen molar-refractivity contribution in [2.24, 2.45) is 5.92 Å². The molecule has 0 atom stereocenters. The maximum absolute atomic E-state index is 10.9. The summed E-state index contributed by atoms with van der Waals surface area (Å²) in [6.45, 7) is 7.99. The van der Waals surface area contributed by atoms with Crippen LogP contribution in [-0.2, 0) is 0 Å². The number of hydrogen-bond acceptors (Lipinski definition) is 6. The summed E-state index contributed by atoms with van der Waals surface area (Å²) < 4.78 is 5.36. The minimum Gasteiger partial charge on any atom is -0.472 e. The second-order valence-corrected chi connectivity index (χ2v) is 4.74. The van der Waals surface area contributed by atoms with Gasteiger partial charge in [-0.25, -0.2) is 4.98 Å². The maximum atomic E-state index is 10.9. The van der Waals surface area contributed by atoms with Gasteiger partial charge in [-0.3, -0.25) is 10.1 Å². The van der Waals surface area contributed by atoms with Crippen molar-refractivity contribution >= 4 is 11.5 Å². The molecule has 0 spiro atoms. The Balaban J connectivity index is 3.20. The standard InChI is InChI=1S/C11H18N4O3/c1-6(2)5-18-11-8(15(16)17)9(12)13-10(14-11)7(3)4/h6-7H,5H2,1-4H3,(H2,12,13,14). The van der Waals surface area contributed by atoms with E-state index in [2.05, 4.69) is 9.97 Å². The average molecular weight is 254 g/mol. The molecule has 1 aromatic heterocycles. The highest BCUT2D eigenvalue weighted by Gasteiger charge is 2.25. The number of aromatic nitrogens is 2. The first-order valence-electron chi connectivity index (χ1n) is 5.77. The lowest BCUT2D eigenvalue weighted by atomic mass is 10.2. The smallest absolute Gasteiger partial charge is 0.372 e. The molecule has 2 N–H and O–H groups in total. The summed E-state index contributed by atoms with van der Waals surface area (Å²) in [6.07, 6.45) is 0. The van der Waals surface area contributed by atoms with Crippen LogP contribution in [0.1, 0.15) is 39.4 Å². The summed E-state index contributed by atoms with van der Waals surface area (Å²) in [6, 6.07) is 0. The fourth-order valence-electron chi connectivity index (χ4n) is 1.24. The van der Waals surface area contributed by atoms with Crippen LogP contribution in [0.2, 0.25) is 0 Å². The van der Waals surface area contributed by atoms with Gasteiger partial charge in [-0.1, -0.05) is 27.7 Å². The van der Waals surface area contributed by atoms with E-state index >= 15 is 0 Å². The van der Waals surface area contributed by atoms with Gasteiger partial charge in [0.05, 0.1) is 11.5 Å². The van der Waals surface area contributed by atoms with Gasteiger partial charge >= 0.3 is 5.69 Å². The van der Waals surface area contributed by atoms with E-state index in [-0.39, 0.29) is 29.2 Å². The van der Waals surface area contributed by atoms with E-state index in [0.717, 1.165) is 0 Å². The van der Waals surface area contributed by atoms with E-state index in [1.807, 2.05) is 27.7 Å². The van der Waals surface area contributed by atoms with Gasteiger partial charge in [0.2, 0.25) is 5.82 Å². The second-order valence-electron chi connectivity index (χ2n) is 4.74. The van der Waals surface area contributed by atoms with Gasteiger partial charge in [-0.2, -0.15) is 4.98 Å². The van der Waals surface area contributed by atoms with Gasteiger partial charge in [0.15, 0.2) is 0 Å². The van der Waals surface area contributed by atoms with Gasteiger partial charge in [0.25, 0.3) is 5.88 Å². The highest BCUT2D eigenvalue weighted by atomic mass is 16.6. The average Bonchev–Trinajstić information content (AvgIpc) is 2.24. The molecule has 0 aromatic carbocycles. The van der Waals surface area contributed by atoms with Gasteiger partial charge in [0.1, 0.15) is 5.82 Å². The van der Waals surface area contributed by atoms with Crippen molar-refractivity contribution < 1.29 is 9.66 Å². The van der Waals surface area contributed by atoms with Crippen LogP contribution in [0.15, 0.2) is 0 Å². The zero-order chi connectivity index (χ0) is 13.9. The van der Waals surface area contributed by atoms with E-state index in [4.69, 9.17) is 10.5 Å². The Morgan fingerprint density at radius 3 is 2.39 bits per heavy atom. The number of nitrogens with zero attached hydrogens (tertiary/aromatic N) is 3. The number of nitro groups is 1. The molecule has 0 fully saturated rings. The summed E-state index contributed by atoms with van der Waals surface area (Å²) in [5.41, 5.74) is 5.23. The molecule has 0 saturated heterocycles. The molecule has 0 aliphatic heterocycles. The lowest BCUT2D eigenvalue weighted by molar-refractivity contribution is -0.385. The minimum atomic E-state index is -0.616. The maximum Gasteiger partial charge on any atom is 0.372 e. The highest BCUT2D eigenvalue weighted by molar-refractivity contribution is 5.58. The number of anilines is 1. The Labute approximate surface area is 106 Å². The van der Waals surface area contributed by atoms with Crippen molar-refractivity contribution in [1.82, 2.24) is 9.97 Å². The van der Waals surface area contributed by atoms with E-state index < -0.39 is 4.92 Å². The van der Waals surface area contributed by atoms with Crippen molar-refractivity contribution in [2.75, 3.05) is 12.3 Å². The van der Waals surface area contributed by atoms with Crippen LogP contribution in [0.3, 0.4) is 0 Å². The topological polar surface area (TPSA) is 104 Å². The molecule has 0 radical (unpaired) electrons. The monoisotopic (exact) mass is 254 g/mol. The Hall–Kier alpha value is -1.92. The first-order valence-corrected chi connectivity index (χ1v) is 5.77. The van der Waals surface area contributed by atoms with Crippen LogP contribution in [0, 0.1) is 16.0 Å². The third-order valence-corrected chi connectivity index (χ3v) is 2.15. The van der Waals surface area contributed by atoms with E-state index in [1.54, 1.807) is 0 Å². The van der Waals surface area contributed by atoms with Gasteiger partial charge in [-0.15, -0.1) is 0 Å². The number of nitrogen functional groups attached to an aromatic ring is 1. The third-order valence-electron chi connectivity index (χ3n) is 2.15. The summed E-state index contributed by atoms with van der Waals surface area (Å²) >= 11 is 0. The molecule has 0 aliphatic carbocycles. The molecule has 100 valence electrons. The van der Waals surface area contributed by atoms with Crippen molar-refractivity contribution in [3.8, 4) is 5.88 Å². The van der Waals surface area contributed by atoms with E-state index in [1.165, 1.54) is 0 Å². The zero-order valence-electron chi connectivity index (χ0n) is 11.0. The summed E-state index contributed by atoms with van der Waals surface area (Å²) in [5.74, 6) is 0.497. The predicted molar refractivity (Wildman–Crippen MR) is 67.5 cm³/mol. The van der Waals surface area contributed by atoms with Crippen LogP contribution in [0.5, 0.6) is 5.88 Å². The number of hydrogen-bond donors (Lipinski definition) is 1. The normalized spacial score (nSPS) is 11.0. The predicted octanol–water partition coefficient (Wildman–Crippen LogP) is 2.13. The minimum absolute atomic E-state index is 0.0227. The van der Waals surface area contributed by atoms with Crippen LogP contribution in [0.25, 0.3) is 0 Å². The van der Waals surface area contributed by atoms with Crippen LogP contribution < -0.4 is 10.5 Å². The van der Waals surface area contributed by atoms with E-state index in [0.29, 0.717) is 12.4 Å². The molecule has 0 bridgehead atoms. The molecule has 1 rings (SSSR count). The Bertz CT molecular complexity index is 446. The van der Waals surface area contributed by atoms with Gasteiger partial charge in [-0.05, 0) is 5.92 Å². The Morgan fingerprint density at radius 2 is 1.94 bits per heavy atom. The van der Waals surface area contributed by atoms with Gasteiger partial charge < -0.3 is 10.5 Å². The zero-order valence-corrected chi connectivity index (χ0v) is 11.0. The SMILES string of the molecule is CC(C)COc1nc(C(C)C)nc(N)c1[N+](=O)[O-]. The third kappa shape index (κ3) is 3.28. The summed E-state index contributed by atoms with van der Waals surface area (Å²) in [7, 11) is 0. The van der Waals surface area contributed by atoms with Crippen molar-refractivity contribution in [1.29, 1.82) is 0 Å². The van der Waals surface area contributed by atoms with Crippen LogP contribution >= 0.6 is 0 Å². The first kappa shape index (κ1) is 14.1. The molecular formula is C11H18N4O3. The molecule has 18 heavy (non-hydrogen) atoms. The molecule has 0 aliphatic rings. The first-order chi connectivity index (χ1) is 8.32. The second kappa shape index (κ2) is 5.61. The van der Waals surface area contributed by atoms with Gasteiger partial charge in [0, 0.05) is 5.92 Å². The van der Waals surface area contributed by atoms with Crippen LogP contribution in [-0.4, -0.2) is 21.5 Å². The summed E-state index contributed by atoms with van der Waals surface area (Å²) in [4.78, 5) is 18.3. The van der Waals surface area contributed by atoms with E-state index in [9.17, 15) is 10.1 Å². The molecule has 1 aromatic rings. The number of nitrogens with two attached hydrogens (primary N) is 1. The molecule has 0 amide bonds. The quantitative estimate of drug-likeness (QED) is 0.637. The van der Waals surface area contributed by atoms with Crippen molar-refractivity contribution in [2.45, 2.75) is 33.6 Å². The Morgan fingerprint density at radius 1 is 1.33 bits per heavy atom. The molecule has 0 saturated carbocycles. The lowest BCUT2D eigenvalue weighted by Gasteiger charge is -2.11. The molecule has 1 heterocycles. The van der Waals surface area contributed by atoms with Crippen molar-refractivity contribution in [3.63, 3.8) is 0 Å². The Kier molecular flexibility index (Phi) is 4.41. The number of rotatable bonds is 5. The largest absolute Gasteiger partial charge is 0.472 e. The highest BCUT2D eigenvalue weighted by Crippen LogP contribution is 2.31.